The van der Waals surface area contributed by atoms with E-state index < -0.39 is 11.7 Å². The van der Waals surface area contributed by atoms with Gasteiger partial charge < -0.3 is 19.2 Å². The second kappa shape index (κ2) is 10.4. The lowest BCUT2D eigenvalue weighted by Crippen LogP contribution is -2.38. The van der Waals surface area contributed by atoms with Gasteiger partial charge in [-0.25, -0.2) is 4.39 Å². The van der Waals surface area contributed by atoms with E-state index in [1.165, 1.54) is 35.2 Å². The van der Waals surface area contributed by atoms with E-state index in [0.29, 0.717) is 34.2 Å². The predicted octanol–water partition coefficient (Wildman–Crippen LogP) is 4.86. The summed E-state index contributed by atoms with van der Waals surface area (Å²) in [6.07, 6.45) is 0. The predicted molar refractivity (Wildman–Crippen MR) is 132 cm³/mol. The summed E-state index contributed by atoms with van der Waals surface area (Å²) in [5, 5.41) is 2.62. The third-order valence-corrected chi connectivity index (χ3v) is 5.64. The van der Waals surface area contributed by atoms with E-state index in [9.17, 15) is 18.8 Å². The van der Waals surface area contributed by atoms with Crippen molar-refractivity contribution in [3.63, 3.8) is 0 Å². The highest BCUT2D eigenvalue weighted by Gasteiger charge is 2.28. The highest BCUT2D eigenvalue weighted by molar-refractivity contribution is 6.03. The molecular weight excluding hydrogens is 479 g/mol. The summed E-state index contributed by atoms with van der Waals surface area (Å²) in [6.45, 7) is -0.310. The molecule has 0 unspecified atom stereocenters. The van der Waals surface area contributed by atoms with E-state index in [0.717, 1.165) is 0 Å². The minimum Gasteiger partial charge on any atom is -0.485 e. The number of hydrogen-bond donors (Lipinski definition) is 1. The van der Waals surface area contributed by atoms with Crippen molar-refractivity contribution in [2.24, 2.45) is 0 Å². The molecule has 0 fully saturated rings. The molecule has 0 spiro atoms. The Balaban J connectivity index is 1.30. The van der Waals surface area contributed by atoms with E-state index in [1.807, 2.05) is 18.2 Å². The molecule has 1 aliphatic heterocycles. The molecule has 0 atom stereocenters. The summed E-state index contributed by atoms with van der Waals surface area (Å²) in [5.74, 6) is -0.113. The molecule has 0 radical (unpaired) electrons. The number of ether oxygens (including phenoxy) is 2. The van der Waals surface area contributed by atoms with Gasteiger partial charge >= 0.3 is 0 Å². The average Bonchev–Trinajstić information content (AvgIpc) is 3.39. The summed E-state index contributed by atoms with van der Waals surface area (Å²) in [4.78, 5) is 39.4. The number of carbonyl (C=O) groups is 3. The number of anilines is 2. The maximum atomic E-state index is 13.1. The first kappa shape index (κ1) is 23.8. The van der Waals surface area contributed by atoms with Crippen molar-refractivity contribution in [3.05, 3.63) is 108 Å². The molecule has 9 heteroatoms. The van der Waals surface area contributed by atoms with E-state index in [-0.39, 0.29) is 37.2 Å². The van der Waals surface area contributed by atoms with Crippen LogP contribution in [0.1, 0.15) is 26.7 Å². The van der Waals surface area contributed by atoms with Gasteiger partial charge in [-0.1, -0.05) is 18.2 Å². The fourth-order valence-electron chi connectivity index (χ4n) is 3.76. The van der Waals surface area contributed by atoms with Crippen LogP contribution in [0.4, 0.5) is 15.8 Å². The maximum absolute atomic E-state index is 13.1. The number of halogens is 1. The third kappa shape index (κ3) is 5.51. The number of hydrogen-bond acceptors (Lipinski definition) is 6. The molecule has 8 nitrogen and oxygen atoms in total. The summed E-state index contributed by atoms with van der Waals surface area (Å²) in [7, 11) is 0. The zero-order chi connectivity index (χ0) is 25.8. The first-order valence-electron chi connectivity index (χ1n) is 11.4. The lowest BCUT2D eigenvalue weighted by molar-refractivity contribution is -0.121. The van der Waals surface area contributed by atoms with Gasteiger partial charge in [-0.2, -0.15) is 0 Å². The smallest absolute Gasteiger partial charge is 0.291 e. The number of furan rings is 1. The Labute approximate surface area is 211 Å². The van der Waals surface area contributed by atoms with Crippen molar-refractivity contribution in [1.82, 2.24) is 0 Å². The van der Waals surface area contributed by atoms with E-state index in [4.69, 9.17) is 13.9 Å². The van der Waals surface area contributed by atoms with Crippen LogP contribution in [-0.4, -0.2) is 30.8 Å². The minimum atomic E-state index is -0.516. The third-order valence-electron chi connectivity index (χ3n) is 5.64. The number of carbonyl (C=O) groups excluding carboxylic acids is 3. The quantitative estimate of drug-likeness (QED) is 0.347. The second-order valence-electron chi connectivity index (χ2n) is 8.20. The van der Waals surface area contributed by atoms with Gasteiger partial charge in [0.05, 0.1) is 12.2 Å². The Bertz CT molecular complexity index is 1450. The molecule has 4 aromatic rings. The lowest BCUT2D eigenvalue weighted by Gasteiger charge is -2.29. The molecule has 0 saturated carbocycles. The number of fused-ring (bicyclic) bond motifs is 1. The highest BCUT2D eigenvalue weighted by atomic mass is 19.1. The largest absolute Gasteiger partial charge is 0.485 e. The van der Waals surface area contributed by atoms with Crippen molar-refractivity contribution in [1.29, 1.82) is 0 Å². The number of rotatable bonds is 8. The molecule has 2 amide bonds. The Morgan fingerprint density at radius 3 is 2.54 bits per heavy atom. The molecule has 37 heavy (non-hydrogen) atoms. The standard InChI is InChI=1S/C28H21FN2O6/c29-19-7-9-20(10-8-19)30-28(34)26-13-11-22(37-26)15-31-23-14-18(6-12-25(23)36-17-27(31)33)24(32)16-35-21-4-2-1-3-5-21/h1-14H,15-17H2,(H,30,34). The number of para-hydroxylation sites is 1. The molecule has 5 rings (SSSR count). The summed E-state index contributed by atoms with van der Waals surface area (Å²) in [5.41, 5.74) is 1.18. The molecule has 186 valence electrons. The van der Waals surface area contributed by atoms with Crippen LogP contribution in [0.25, 0.3) is 0 Å². The number of Topliss-reactive ketones (excluding diaryl/α,β-unsaturated/α-hetero) is 1. The topological polar surface area (TPSA) is 98.1 Å². The molecule has 3 aromatic carbocycles. The molecule has 1 aromatic heterocycles. The molecular formula is C28H21FN2O6. The van der Waals surface area contributed by atoms with Crippen molar-refractivity contribution in [2.45, 2.75) is 6.54 Å². The van der Waals surface area contributed by atoms with Crippen molar-refractivity contribution in [3.8, 4) is 11.5 Å². The fraction of sp³-hybridized carbons (Fsp3) is 0.107. The minimum absolute atomic E-state index is 0.0250. The Kier molecular flexibility index (Phi) is 6.67. The van der Waals surface area contributed by atoms with Crippen LogP contribution < -0.4 is 19.7 Å². The zero-order valence-corrected chi connectivity index (χ0v) is 19.5. The number of amides is 2. The molecule has 1 N–H and O–H groups in total. The van der Waals surface area contributed by atoms with Crippen LogP contribution in [-0.2, 0) is 11.3 Å². The zero-order valence-electron chi connectivity index (χ0n) is 19.5. The number of ketones is 1. The maximum Gasteiger partial charge on any atom is 0.291 e. The SMILES string of the molecule is O=C(COc1ccccc1)c1ccc2c(c1)N(Cc1ccc(C(=O)Nc3ccc(F)cc3)o1)C(=O)CO2. The average molecular weight is 500 g/mol. The normalized spacial score (nSPS) is 12.5. The van der Waals surface area contributed by atoms with Crippen LogP contribution >= 0.6 is 0 Å². The van der Waals surface area contributed by atoms with E-state index >= 15 is 0 Å². The summed E-state index contributed by atoms with van der Waals surface area (Å²) >= 11 is 0. The highest BCUT2D eigenvalue weighted by Crippen LogP contribution is 2.34. The van der Waals surface area contributed by atoms with Crippen LogP contribution in [0.2, 0.25) is 0 Å². The number of nitrogens with zero attached hydrogens (tertiary/aromatic N) is 1. The van der Waals surface area contributed by atoms with Crippen LogP contribution in [0.15, 0.2) is 89.3 Å². The van der Waals surface area contributed by atoms with Gasteiger partial charge in [0.15, 0.2) is 24.8 Å². The van der Waals surface area contributed by atoms with E-state index in [2.05, 4.69) is 5.32 Å². The second-order valence-corrected chi connectivity index (χ2v) is 8.20. The van der Waals surface area contributed by atoms with Gasteiger partial charge in [-0.15, -0.1) is 0 Å². The van der Waals surface area contributed by atoms with Crippen molar-refractivity contribution in [2.75, 3.05) is 23.4 Å². The Morgan fingerprint density at radius 2 is 1.76 bits per heavy atom. The molecule has 0 aliphatic carbocycles. The van der Waals surface area contributed by atoms with Gasteiger partial charge in [-0.05, 0) is 66.7 Å². The van der Waals surface area contributed by atoms with Gasteiger partial charge in [0.2, 0.25) is 0 Å². The lowest BCUT2D eigenvalue weighted by atomic mass is 10.1. The molecule has 2 heterocycles. The van der Waals surface area contributed by atoms with Gasteiger partial charge in [0.1, 0.15) is 23.1 Å². The van der Waals surface area contributed by atoms with Gasteiger partial charge in [0, 0.05) is 11.3 Å². The molecule has 0 bridgehead atoms. The van der Waals surface area contributed by atoms with Crippen LogP contribution in [0, 0.1) is 5.82 Å². The van der Waals surface area contributed by atoms with Crippen molar-refractivity contribution >= 4 is 29.0 Å². The summed E-state index contributed by atoms with van der Waals surface area (Å²) in [6, 6.07) is 22.2. The molecule has 1 aliphatic rings. The van der Waals surface area contributed by atoms with Crippen molar-refractivity contribution < 1.29 is 32.7 Å². The monoisotopic (exact) mass is 500 g/mol. The molecule has 0 saturated heterocycles. The van der Waals surface area contributed by atoms with Crippen LogP contribution in [0.3, 0.4) is 0 Å². The van der Waals surface area contributed by atoms with Gasteiger partial charge in [0.25, 0.3) is 11.8 Å². The first-order chi connectivity index (χ1) is 18.0. The Morgan fingerprint density at radius 1 is 0.973 bits per heavy atom. The van der Waals surface area contributed by atoms with Gasteiger partial charge in [-0.3, -0.25) is 19.3 Å². The summed E-state index contributed by atoms with van der Waals surface area (Å²) < 4.78 is 29.8. The number of benzene rings is 3. The van der Waals surface area contributed by atoms with E-state index in [1.54, 1.807) is 36.4 Å². The Hall–Kier alpha value is -4.92. The first-order valence-corrected chi connectivity index (χ1v) is 11.4. The fourth-order valence-corrected chi connectivity index (χ4v) is 3.76. The number of nitrogens with one attached hydrogen (secondary N) is 1. The van der Waals surface area contributed by atoms with Crippen LogP contribution in [0.5, 0.6) is 11.5 Å².